The molecule has 1 saturated heterocycles. The molecule has 0 saturated carbocycles. The van der Waals surface area contributed by atoms with E-state index in [9.17, 15) is 9.59 Å². The Bertz CT molecular complexity index is 773. The van der Waals surface area contributed by atoms with Gasteiger partial charge in [-0.25, -0.2) is 9.48 Å². The topological polar surface area (TPSA) is 63.4 Å². The third-order valence-electron chi connectivity index (χ3n) is 4.00. The molecule has 0 spiro atoms. The molecule has 1 fully saturated rings. The number of piperazine rings is 1. The van der Waals surface area contributed by atoms with Gasteiger partial charge in [-0.2, -0.15) is 0 Å². The third-order valence-corrected chi connectivity index (χ3v) is 4.00. The van der Waals surface area contributed by atoms with E-state index in [1.54, 1.807) is 7.05 Å². The van der Waals surface area contributed by atoms with Gasteiger partial charge in [0.15, 0.2) is 0 Å². The van der Waals surface area contributed by atoms with Crippen molar-refractivity contribution in [1.82, 2.24) is 14.3 Å². The lowest BCUT2D eigenvalue weighted by atomic mass is 10.2. The third kappa shape index (κ3) is 2.49. The highest BCUT2D eigenvalue weighted by atomic mass is 16.2. The van der Waals surface area contributed by atoms with Crippen LogP contribution in [0.2, 0.25) is 0 Å². The fourth-order valence-electron chi connectivity index (χ4n) is 2.70. The van der Waals surface area contributed by atoms with E-state index in [1.165, 1.54) is 17.4 Å². The maximum Gasteiger partial charge on any atom is 0.346 e. The lowest BCUT2D eigenvalue weighted by molar-refractivity contribution is 0.571. The van der Waals surface area contributed by atoms with Crippen LogP contribution in [0.3, 0.4) is 0 Å². The van der Waals surface area contributed by atoms with Crippen molar-refractivity contribution in [3.05, 3.63) is 51.2 Å². The lowest BCUT2D eigenvalue weighted by Gasteiger charge is -2.36. The number of anilines is 2. The van der Waals surface area contributed by atoms with Crippen molar-refractivity contribution in [2.45, 2.75) is 0 Å². The van der Waals surface area contributed by atoms with Crippen LogP contribution in [0.4, 0.5) is 11.5 Å². The van der Waals surface area contributed by atoms with Crippen molar-refractivity contribution in [3.8, 4) is 0 Å². The highest BCUT2D eigenvalue weighted by molar-refractivity contribution is 5.48. The first-order valence-corrected chi connectivity index (χ1v) is 7.27. The Morgan fingerprint density at radius 3 is 2.14 bits per heavy atom. The summed E-state index contributed by atoms with van der Waals surface area (Å²) in [7, 11) is 3.04. The van der Waals surface area contributed by atoms with Gasteiger partial charge in [0, 0.05) is 46.0 Å². The minimum absolute atomic E-state index is 0.337. The number of aryl methyl sites for hydroxylation is 1. The average molecular weight is 301 g/mol. The second-order valence-electron chi connectivity index (χ2n) is 5.40. The summed E-state index contributed by atoms with van der Waals surface area (Å²) in [4.78, 5) is 28.1. The van der Waals surface area contributed by atoms with Gasteiger partial charge in [0.25, 0.3) is 5.56 Å². The first-order chi connectivity index (χ1) is 10.6. The maximum absolute atomic E-state index is 12.2. The number of para-hydroxylation sites is 1. The van der Waals surface area contributed by atoms with Crippen molar-refractivity contribution < 1.29 is 0 Å². The zero-order valence-corrected chi connectivity index (χ0v) is 12.8. The number of rotatable bonds is 2. The molecule has 1 aromatic heterocycles. The van der Waals surface area contributed by atoms with Gasteiger partial charge in [-0.1, -0.05) is 18.2 Å². The molecular weight excluding hydrogens is 282 g/mol. The van der Waals surface area contributed by atoms with Crippen LogP contribution in [0.15, 0.2) is 39.9 Å². The minimum Gasteiger partial charge on any atom is -0.368 e. The van der Waals surface area contributed by atoms with Crippen LogP contribution < -0.4 is 21.0 Å². The molecule has 0 unspecified atom stereocenters. The molecular formula is C15H19N5O2. The van der Waals surface area contributed by atoms with E-state index in [1.807, 2.05) is 23.1 Å². The summed E-state index contributed by atoms with van der Waals surface area (Å²) in [6.45, 7) is 3.04. The van der Waals surface area contributed by atoms with Crippen molar-refractivity contribution >= 4 is 11.5 Å². The molecule has 1 aliphatic rings. The van der Waals surface area contributed by atoms with Gasteiger partial charge in [-0.3, -0.25) is 9.36 Å². The van der Waals surface area contributed by atoms with Crippen LogP contribution in [0, 0.1) is 0 Å². The van der Waals surface area contributed by atoms with Crippen LogP contribution in [-0.4, -0.2) is 40.5 Å². The molecule has 1 aliphatic heterocycles. The van der Waals surface area contributed by atoms with E-state index < -0.39 is 5.69 Å². The zero-order chi connectivity index (χ0) is 15.7. The summed E-state index contributed by atoms with van der Waals surface area (Å²) in [6, 6.07) is 10.2. The smallest absolute Gasteiger partial charge is 0.346 e. The van der Waals surface area contributed by atoms with E-state index in [-0.39, 0.29) is 5.56 Å². The molecule has 2 aromatic rings. The number of hydrogen-bond acceptors (Lipinski definition) is 5. The van der Waals surface area contributed by atoms with Gasteiger partial charge in [0.1, 0.15) is 0 Å². The molecule has 7 nitrogen and oxygen atoms in total. The Hall–Kier alpha value is -2.57. The summed E-state index contributed by atoms with van der Waals surface area (Å²) in [5.41, 5.74) is 0.441. The molecule has 22 heavy (non-hydrogen) atoms. The Morgan fingerprint density at radius 1 is 0.909 bits per heavy atom. The van der Waals surface area contributed by atoms with Gasteiger partial charge in [0.05, 0.1) is 0 Å². The Kier molecular flexibility index (Phi) is 3.70. The van der Waals surface area contributed by atoms with E-state index in [0.717, 1.165) is 17.7 Å². The molecule has 7 heteroatoms. The van der Waals surface area contributed by atoms with Crippen molar-refractivity contribution in [2.75, 3.05) is 36.0 Å². The number of hydrogen-bond donors (Lipinski definition) is 0. The fourth-order valence-corrected chi connectivity index (χ4v) is 2.70. The number of aromatic nitrogens is 3. The van der Waals surface area contributed by atoms with Crippen LogP contribution in [0.25, 0.3) is 0 Å². The van der Waals surface area contributed by atoms with Crippen molar-refractivity contribution in [2.24, 2.45) is 14.1 Å². The van der Waals surface area contributed by atoms with Gasteiger partial charge in [-0.05, 0) is 12.1 Å². The van der Waals surface area contributed by atoms with Gasteiger partial charge >= 0.3 is 5.69 Å². The standard InChI is InChI=1S/C15H19N5O2/c1-17-14(21)13(16-18(2)15(17)22)20-10-8-19(9-11-20)12-6-4-3-5-7-12/h3-7H,8-11H2,1-2H3. The molecule has 3 rings (SSSR count). The quantitative estimate of drug-likeness (QED) is 0.769. The molecule has 0 radical (unpaired) electrons. The van der Waals surface area contributed by atoms with Crippen LogP contribution in [0.5, 0.6) is 0 Å². The number of benzene rings is 1. The highest BCUT2D eigenvalue weighted by Crippen LogP contribution is 2.16. The zero-order valence-electron chi connectivity index (χ0n) is 12.8. The van der Waals surface area contributed by atoms with Crippen LogP contribution >= 0.6 is 0 Å². The van der Waals surface area contributed by atoms with Crippen LogP contribution in [0.1, 0.15) is 0 Å². The van der Waals surface area contributed by atoms with Crippen molar-refractivity contribution in [1.29, 1.82) is 0 Å². The summed E-state index contributed by atoms with van der Waals surface area (Å²) in [5.74, 6) is 0.345. The molecule has 0 bridgehead atoms. The van der Waals surface area contributed by atoms with Gasteiger partial charge in [-0.15, -0.1) is 5.10 Å². The van der Waals surface area contributed by atoms with Crippen molar-refractivity contribution in [3.63, 3.8) is 0 Å². The Morgan fingerprint density at radius 2 is 1.50 bits per heavy atom. The molecule has 116 valence electrons. The van der Waals surface area contributed by atoms with E-state index in [0.29, 0.717) is 18.9 Å². The Labute approximate surface area is 128 Å². The SMILES string of the molecule is Cn1nc(N2CCN(c3ccccc3)CC2)c(=O)n(C)c1=O. The second-order valence-corrected chi connectivity index (χ2v) is 5.40. The predicted molar refractivity (Wildman–Crippen MR) is 85.6 cm³/mol. The van der Waals surface area contributed by atoms with Gasteiger partial charge < -0.3 is 9.80 Å². The second kappa shape index (κ2) is 5.67. The average Bonchev–Trinajstić information content (AvgIpc) is 2.57. The molecule has 0 N–H and O–H groups in total. The summed E-state index contributed by atoms with van der Waals surface area (Å²) in [5, 5.41) is 4.13. The van der Waals surface area contributed by atoms with Gasteiger partial charge in [0.2, 0.25) is 5.82 Å². The van der Waals surface area contributed by atoms with E-state index in [2.05, 4.69) is 22.1 Å². The maximum atomic E-state index is 12.2. The summed E-state index contributed by atoms with van der Waals surface area (Å²) >= 11 is 0. The van der Waals surface area contributed by atoms with E-state index in [4.69, 9.17) is 0 Å². The molecule has 0 atom stereocenters. The molecule has 0 aliphatic carbocycles. The fraction of sp³-hybridized carbons (Fsp3) is 0.400. The summed E-state index contributed by atoms with van der Waals surface area (Å²) < 4.78 is 2.31. The van der Waals surface area contributed by atoms with Crippen LogP contribution in [-0.2, 0) is 14.1 Å². The highest BCUT2D eigenvalue weighted by Gasteiger charge is 2.22. The monoisotopic (exact) mass is 301 g/mol. The first-order valence-electron chi connectivity index (χ1n) is 7.27. The molecule has 2 heterocycles. The summed E-state index contributed by atoms with van der Waals surface area (Å²) in [6.07, 6.45) is 0. The molecule has 0 amide bonds. The first kappa shape index (κ1) is 14.4. The predicted octanol–water partition coefficient (Wildman–Crippen LogP) is -0.194. The molecule has 1 aromatic carbocycles. The largest absolute Gasteiger partial charge is 0.368 e. The Balaban J connectivity index is 1.80. The lowest BCUT2D eigenvalue weighted by Crippen LogP contribution is -2.50. The number of nitrogens with zero attached hydrogens (tertiary/aromatic N) is 5. The minimum atomic E-state index is -0.406. The normalized spacial score (nSPS) is 15.2. The van der Waals surface area contributed by atoms with E-state index >= 15 is 0 Å².